The first-order chi connectivity index (χ1) is 13.9. The van der Waals surface area contributed by atoms with Crippen LogP contribution in [-0.4, -0.2) is 33.7 Å². The third-order valence-electron chi connectivity index (χ3n) is 4.90. The molecule has 29 heavy (non-hydrogen) atoms. The van der Waals surface area contributed by atoms with Crippen molar-refractivity contribution in [2.75, 3.05) is 17.2 Å². The van der Waals surface area contributed by atoms with Crippen LogP contribution in [0.15, 0.2) is 30.6 Å². The maximum Gasteiger partial charge on any atom is 0.324 e. The lowest BCUT2D eigenvalue weighted by molar-refractivity contribution is 0.0946. The highest BCUT2D eigenvalue weighted by molar-refractivity contribution is 6.02. The van der Waals surface area contributed by atoms with Crippen LogP contribution < -0.4 is 16.0 Å². The lowest BCUT2D eigenvalue weighted by Gasteiger charge is -2.18. The number of H-pyrrole nitrogens is 1. The van der Waals surface area contributed by atoms with Crippen LogP contribution in [0.4, 0.5) is 20.7 Å². The third-order valence-corrected chi connectivity index (χ3v) is 4.90. The van der Waals surface area contributed by atoms with Gasteiger partial charge in [-0.3, -0.25) is 20.2 Å². The first-order valence-corrected chi connectivity index (χ1v) is 9.08. The molecule has 0 bridgehead atoms. The van der Waals surface area contributed by atoms with Crippen molar-refractivity contribution in [1.29, 1.82) is 0 Å². The van der Waals surface area contributed by atoms with E-state index in [4.69, 9.17) is 0 Å². The molecular formula is C20H19FN6O2. The monoisotopic (exact) mass is 394 g/mol. The smallest absolute Gasteiger partial charge is 0.324 e. The van der Waals surface area contributed by atoms with Crippen molar-refractivity contribution in [3.8, 4) is 11.3 Å². The fourth-order valence-corrected chi connectivity index (χ4v) is 3.33. The summed E-state index contributed by atoms with van der Waals surface area (Å²) in [6.07, 6.45) is 3.97. The van der Waals surface area contributed by atoms with Crippen molar-refractivity contribution >= 4 is 23.4 Å². The molecule has 0 radical (unpaired) electrons. The van der Waals surface area contributed by atoms with Gasteiger partial charge in [0, 0.05) is 35.6 Å². The van der Waals surface area contributed by atoms with Crippen LogP contribution in [0.3, 0.4) is 0 Å². The molecule has 8 nitrogen and oxygen atoms in total. The molecule has 4 N–H and O–H groups in total. The van der Waals surface area contributed by atoms with Crippen molar-refractivity contribution in [2.45, 2.75) is 20.3 Å². The summed E-state index contributed by atoms with van der Waals surface area (Å²) in [6.45, 7) is 4.21. The van der Waals surface area contributed by atoms with Gasteiger partial charge in [0.15, 0.2) is 5.82 Å². The molecule has 3 aromatic rings. The van der Waals surface area contributed by atoms with Crippen molar-refractivity contribution in [1.82, 2.24) is 20.5 Å². The molecule has 148 valence electrons. The SMILES string of the molecule is Cc1cnccc1-c1[nH]nc(NC(=O)Nc2cc3c(cc2F)CCNC3=O)c1C. The summed E-state index contributed by atoms with van der Waals surface area (Å²) in [5.41, 5.74) is 4.29. The molecule has 1 aliphatic heterocycles. The van der Waals surface area contributed by atoms with Crippen LogP contribution >= 0.6 is 0 Å². The number of fused-ring (bicyclic) bond motifs is 1. The summed E-state index contributed by atoms with van der Waals surface area (Å²) in [6, 6.07) is 3.83. The molecule has 3 amide bonds. The molecule has 0 spiro atoms. The number of aromatic nitrogens is 3. The van der Waals surface area contributed by atoms with E-state index in [2.05, 4.69) is 31.1 Å². The lowest BCUT2D eigenvalue weighted by Crippen LogP contribution is -2.32. The lowest BCUT2D eigenvalue weighted by atomic mass is 9.99. The van der Waals surface area contributed by atoms with Gasteiger partial charge in [-0.1, -0.05) is 0 Å². The van der Waals surface area contributed by atoms with Crippen molar-refractivity contribution in [3.05, 3.63) is 58.7 Å². The van der Waals surface area contributed by atoms with Gasteiger partial charge < -0.3 is 10.6 Å². The van der Waals surface area contributed by atoms with E-state index >= 15 is 0 Å². The van der Waals surface area contributed by atoms with Crippen LogP contribution in [0.25, 0.3) is 11.3 Å². The Morgan fingerprint density at radius 3 is 2.83 bits per heavy atom. The zero-order valence-electron chi connectivity index (χ0n) is 15.9. The number of hydrogen-bond donors (Lipinski definition) is 4. The predicted octanol–water partition coefficient (Wildman–Crippen LogP) is 3.16. The molecule has 9 heteroatoms. The molecule has 0 fully saturated rings. The van der Waals surface area contributed by atoms with Crippen LogP contribution in [0.1, 0.15) is 27.0 Å². The second kappa shape index (κ2) is 7.34. The zero-order chi connectivity index (χ0) is 20.5. The summed E-state index contributed by atoms with van der Waals surface area (Å²) >= 11 is 0. The van der Waals surface area contributed by atoms with Gasteiger partial charge in [0.25, 0.3) is 5.91 Å². The Morgan fingerprint density at radius 1 is 1.21 bits per heavy atom. The summed E-state index contributed by atoms with van der Waals surface area (Å²) in [7, 11) is 0. The predicted molar refractivity (Wildman–Crippen MR) is 106 cm³/mol. The molecule has 3 heterocycles. The number of carbonyl (C=O) groups is 2. The Balaban J connectivity index is 1.54. The number of rotatable bonds is 3. The molecule has 0 atom stereocenters. The summed E-state index contributed by atoms with van der Waals surface area (Å²) in [5.74, 6) is -0.555. The number of nitrogens with one attached hydrogen (secondary N) is 4. The Bertz CT molecular complexity index is 1120. The minimum Gasteiger partial charge on any atom is -0.352 e. The molecule has 0 saturated carbocycles. The van der Waals surface area contributed by atoms with Gasteiger partial charge in [0.05, 0.1) is 11.4 Å². The first-order valence-electron chi connectivity index (χ1n) is 9.08. The van der Waals surface area contributed by atoms with E-state index < -0.39 is 11.8 Å². The molecular weight excluding hydrogens is 375 g/mol. The number of aromatic amines is 1. The van der Waals surface area contributed by atoms with E-state index in [1.807, 2.05) is 19.9 Å². The number of nitrogens with zero attached hydrogens (tertiary/aromatic N) is 2. The third kappa shape index (κ3) is 3.54. The van der Waals surface area contributed by atoms with Crippen molar-refractivity contribution in [3.63, 3.8) is 0 Å². The number of urea groups is 1. The van der Waals surface area contributed by atoms with Gasteiger partial charge in [-0.2, -0.15) is 5.10 Å². The maximum absolute atomic E-state index is 14.4. The maximum atomic E-state index is 14.4. The summed E-state index contributed by atoms with van der Waals surface area (Å²) < 4.78 is 14.4. The standard InChI is InChI=1S/C20H19FN6O2/c1-10-9-22-5-4-13(10)17-11(2)18(27-26-17)25-20(29)24-16-8-14-12(7-15(16)21)3-6-23-19(14)28/h4-5,7-9H,3,6H2,1-2H3,(H,23,28)(H3,24,25,26,27,29). The van der Waals surface area contributed by atoms with E-state index in [1.165, 1.54) is 12.1 Å². The van der Waals surface area contributed by atoms with Gasteiger partial charge >= 0.3 is 6.03 Å². The van der Waals surface area contributed by atoms with E-state index in [0.717, 1.165) is 22.4 Å². The number of hydrogen-bond acceptors (Lipinski definition) is 4. The number of benzene rings is 1. The van der Waals surface area contributed by atoms with E-state index in [-0.39, 0.29) is 11.6 Å². The Hall–Kier alpha value is -3.75. The van der Waals surface area contributed by atoms with Gasteiger partial charge in [-0.15, -0.1) is 0 Å². The van der Waals surface area contributed by atoms with Gasteiger partial charge in [0.1, 0.15) is 5.82 Å². The Labute approximate surface area is 165 Å². The highest BCUT2D eigenvalue weighted by Crippen LogP contribution is 2.28. The van der Waals surface area contributed by atoms with Crippen molar-refractivity contribution < 1.29 is 14.0 Å². The number of halogens is 1. The molecule has 1 aliphatic rings. The number of anilines is 2. The summed E-state index contributed by atoms with van der Waals surface area (Å²) in [5, 5.41) is 14.8. The highest BCUT2D eigenvalue weighted by Gasteiger charge is 2.21. The molecule has 1 aromatic carbocycles. The van der Waals surface area contributed by atoms with Crippen LogP contribution in [0, 0.1) is 19.7 Å². The van der Waals surface area contributed by atoms with Crippen LogP contribution in [-0.2, 0) is 6.42 Å². The molecule has 0 unspecified atom stereocenters. The quantitative estimate of drug-likeness (QED) is 0.547. The van der Waals surface area contributed by atoms with Crippen LogP contribution in [0.5, 0.6) is 0 Å². The number of pyridine rings is 1. The summed E-state index contributed by atoms with van der Waals surface area (Å²) in [4.78, 5) is 28.4. The molecule has 0 saturated heterocycles. The Morgan fingerprint density at radius 2 is 2.03 bits per heavy atom. The minimum atomic E-state index is -0.660. The average molecular weight is 394 g/mol. The van der Waals surface area contributed by atoms with Gasteiger partial charge in [-0.25, -0.2) is 9.18 Å². The number of carbonyl (C=O) groups excluding carboxylic acids is 2. The minimum absolute atomic E-state index is 0.0725. The molecule has 2 aromatic heterocycles. The number of amides is 3. The van der Waals surface area contributed by atoms with Crippen LogP contribution in [0.2, 0.25) is 0 Å². The second-order valence-corrected chi connectivity index (χ2v) is 6.84. The highest BCUT2D eigenvalue weighted by atomic mass is 19.1. The number of aryl methyl sites for hydroxylation is 1. The van der Waals surface area contributed by atoms with Gasteiger partial charge in [0.2, 0.25) is 0 Å². The van der Waals surface area contributed by atoms with E-state index in [9.17, 15) is 14.0 Å². The van der Waals surface area contributed by atoms with Gasteiger partial charge in [-0.05, 0) is 49.6 Å². The van der Waals surface area contributed by atoms with Crippen molar-refractivity contribution in [2.24, 2.45) is 0 Å². The molecule has 4 rings (SSSR count). The van der Waals surface area contributed by atoms with E-state index in [0.29, 0.717) is 29.9 Å². The second-order valence-electron chi connectivity index (χ2n) is 6.84. The average Bonchev–Trinajstić information content (AvgIpc) is 3.04. The fraction of sp³-hybridized carbons (Fsp3) is 0.200. The first kappa shape index (κ1) is 18.6. The topological polar surface area (TPSA) is 112 Å². The Kier molecular flexibility index (Phi) is 4.71. The largest absolute Gasteiger partial charge is 0.352 e. The fourth-order valence-electron chi connectivity index (χ4n) is 3.33. The normalized spacial score (nSPS) is 12.9. The molecule has 0 aliphatic carbocycles. The zero-order valence-corrected chi connectivity index (χ0v) is 15.9. The van der Waals surface area contributed by atoms with E-state index in [1.54, 1.807) is 12.4 Å².